The molecule has 6 rings (SSSR count). The standard InChI is InChI=1S/C31H30FN3O8/c1-30(2,3)28(39)42-15-35-27(38)31(33-29(35)40,14-34-13-17-8-9-21(41-4)25(32)24(17)26(34)37)23-11-18-10-16-6-5-7-20(36)19(16)12-22(18)43-23/h8-12H,5-7,13-15H2,1-4H3,(H,33,40)/t31-/m0/s1. The van der Waals surface area contributed by atoms with Gasteiger partial charge in [-0.15, -0.1) is 0 Å². The molecular weight excluding hydrogens is 561 g/mol. The van der Waals surface area contributed by atoms with Gasteiger partial charge >= 0.3 is 12.0 Å². The van der Waals surface area contributed by atoms with E-state index >= 15 is 4.39 Å². The van der Waals surface area contributed by atoms with E-state index in [1.54, 1.807) is 39.0 Å². The summed E-state index contributed by atoms with van der Waals surface area (Å²) < 4.78 is 31.6. The molecule has 3 aromatic rings. The van der Waals surface area contributed by atoms with Gasteiger partial charge in [-0.3, -0.25) is 19.2 Å². The molecule has 11 nitrogen and oxygen atoms in total. The number of methoxy groups -OCH3 is 1. The van der Waals surface area contributed by atoms with E-state index in [0.29, 0.717) is 34.9 Å². The van der Waals surface area contributed by atoms with Crippen molar-refractivity contribution in [3.63, 3.8) is 0 Å². The van der Waals surface area contributed by atoms with E-state index in [0.717, 1.165) is 16.9 Å². The Balaban J connectivity index is 1.41. The van der Waals surface area contributed by atoms with Gasteiger partial charge in [0.15, 0.2) is 29.6 Å². The third-order valence-electron chi connectivity index (χ3n) is 8.13. The molecule has 0 spiro atoms. The van der Waals surface area contributed by atoms with Gasteiger partial charge in [0.2, 0.25) is 0 Å². The molecule has 43 heavy (non-hydrogen) atoms. The highest BCUT2D eigenvalue weighted by molar-refractivity contribution is 6.09. The van der Waals surface area contributed by atoms with Crippen molar-refractivity contribution in [1.29, 1.82) is 0 Å². The number of nitrogens with zero attached hydrogens (tertiary/aromatic N) is 2. The maximum absolute atomic E-state index is 15.1. The van der Waals surface area contributed by atoms with Gasteiger partial charge in [0.25, 0.3) is 11.8 Å². The van der Waals surface area contributed by atoms with Gasteiger partial charge in [-0.05, 0) is 69.0 Å². The topological polar surface area (TPSA) is 135 Å². The highest BCUT2D eigenvalue weighted by Gasteiger charge is 2.57. The van der Waals surface area contributed by atoms with Crippen LogP contribution < -0.4 is 10.1 Å². The zero-order valence-corrected chi connectivity index (χ0v) is 24.2. The summed E-state index contributed by atoms with van der Waals surface area (Å²) in [5, 5.41) is 3.28. The first kappa shape index (κ1) is 28.4. The van der Waals surface area contributed by atoms with Gasteiger partial charge in [-0.1, -0.05) is 6.07 Å². The number of carbonyl (C=O) groups is 5. The van der Waals surface area contributed by atoms with Gasteiger partial charge < -0.3 is 24.1 Å². The average molecular weight is 592 g/mol. The maximum Gasteiger partial charge on any atom is 0.328 e. The lowest BCUT2D eigenvalue weighted by Gasteiger charge is -2.29. The van der Waals surface area contributed by atoms with E-state index in [-0.39, 0.29) is 29.4 Å². The molecule has 0 saturated carbocycles. The number of ketones is 1. The third kappa shape index (κ3) is 4.52. The SMILES string of the molecule is COc1ccc2c(c1F)C(=O)N(C[C@@]1(c3cc4cc5c(cc4o3)C(=O)CCC5)NC(=O)N(COC(=O)C(C)(C)C)C1=O)C2. The molecule has 3 aliphatic rings. The number of fused-ring (bicyclic) bond motifs is 3. The molecule has 0 bridgehead atoms. The van der Waals surface area contributed by atoms with Crippen LogP contribution in [0.1, 0.15) is 71.2 Å². The van der Waals surface area contributed by atoms with Gasteiger partial charge in [0, 0.05) is 23.9 Å². The van der Waals surface area contributed by atoms with Crippen LogP contribution in [0.4, 0.5) is 9.18 Å². The Bertz CT molecular complexity index is 1740. The van der Waals surface area contributed by atoms with Crippen LogP contribution >= 0.6 is 0 Å². The van der Waals surface area contributed by atoms with Crippen LogP contribution in [-0.4, -0.2) is 59.8 Å². The molecule has 1 N–H and O–H groups in total. The van der Waals surface area contributed by atoms with Gasteiger partial charge in [0.05, 0.1) is 24.6 Å². The fourth-order valence-corrected chi connectivity index (χ4v) is 5.79. The van der Waals surface area contributed by atoms with E-state index < -0.39 is 53.9 Å². The van der Waals surface area contributed by atoms with Crippen molar-refractivity contribution < 1.29 is 42.3 Å². The minimum absolute atomic E-state index is 0.00854. The summed E-state index contributed by atoms with van der Waals surface area (Å²) in [5.41, 5.74) is -0.884. The van der Waals surface area contributed by atoms with Crippen LogP contribution in [0.3, 0.4) is 0 Å². The number of halogens is 1. The van der Waals surface area contributed by atoms with E-state index in [9.17, 15) is 24.0 Å². The first-order valence-electron chi connectivity index (χ1n) is 13.9. The van der Waals surface area contributed by atoms with Crippen LogP contribution in [0, 0.1) is 11.2 Å². The predicted molar refractivity (Wildman–Crippen MR) is 149 cm³/mol. The van der Waals surface area contributed by atoms with Crippen molar-refractivity contribution in [3.8, 4) is 5.75 Å². The molecule has 1 saturated heterocycles. The molecule has 1 aliphatic carbocycles. The fourth-order valence-electron chi connectivity index (χ4n) is 5.79. The Morgan fingerprint density at radius 3 is 2.58 bits per heavy atom. The number of benzene rings is 2. The monoisotopic (exact) mass is 591 g/mol. The second-order valence-corrected chi connectivity index (χ2v) is 12.1. The van der Waals surface area contributed by atoms with Crippen molar-refractivity contribution in [1.82, 2.24) is 15.1 Å². The molecule has 1 fully saturated rings. The smallest absolute Gasteiger partial charge is 0.328 e. The van der Waals surface area contributed by atoms with Crippen molar-refractivity contribution in [2.24, 2.45) is 5.41 Å². The number of Topliss-reactive ketones (excluding diaryl/α,β-unsaturated/α-hetero) is 1. The van der Waals surface area contributed by atoms with Gasteiger partial charge in [0.1, 0.15) is 11.3 Å². The highest BCUT2D eigenvalue weighted by Crippen LogP contribution is 2.39. The number of ether oxygens (including phenoxy) is 2. The quantitative estimate of drug-likeness (QED) is 0.335. The van der Waals surface area contributed by atoms with Crippen molar-refractivity contribution >= 4 is 40.6 Å². The second kappa shape index (κ2) is 9.92. The number of hydrogen-bond donors (Lipinski definition) is 1. The Kier molecular flexibility index (Phi) is 6.55. The zero-order chi connectivity index (χ0) is 30.8. The molecule has 2 aliphatic heterocycles. The number of carbonyl (C=O) groups excluding carboxylic acids is 5. The molecule has 1 atom stereocenters. The molecule has 0 unspecified atom stereocenters. The lowest BCUT2D eigenvalue weighted by atomic mass is 9.89. The predicted octanol–water partition coefficient (Wildman–Crippen LogP) is 4.05. The van der Waals surface area contributed by atoms with E-state index in [2.05, 4.69) is 5.32 Å². The molecule has 1 aromatic heterocycles. The summed E-state index contributed by atoms with van der Waals surface area (Å²) >= 11 is 0. The molecule has 3 heterocycles. The van der Waals surface area contributed by atoms with E-state index in [1.807, 2.05) is 6.07 Å². The largest absolute Gasteiger partial charge is 0.494 e. The first-order chi connectivity index (χ1) is 20.3. The van der Waals surface area contributed by atoms with Crippen molar-refractivity contribution in [2.75, 3.05) is 20.4 Å². The highest BCUT2D eigenvalue weighted by atomic mass is 19.1. The first-order valence-corrected chi connectivity index (χ1v) is 13.9. The summed E-state index contributed by atoms with van der Waals surface area (Å²) in [6, 6.07) is 7.17. The zero-order valence-electron chi connectivity index (χ0n) is 24.2. The Morgan fingerprint density at radius 2 is 1.86 bits per heavy atom. The number of esters is 1. The number of imide groups is 1. The summed E-state index contributed by atoms with van der Waals surface area (Å²) in [4.78, 5) is 67.8. The summed E-state index contributed by atoms with van der Waals surface area (Å²) in [7, 11) is 1.29. The van der Waals surface area contributed by atoms with Crippen molar-refractivity contribution in [3.05, 3.63) is 64.2 Å². The lowest BCUT2D eigenvalue weighted by molar-refractivity contribution is -0.158. The second-order valence-electron chi connectivity index (χ2n) is 12.1. The van der Waals surface area contributed by atoms with Crippen molar-refractivity contribution in [2.45, 2.75) is 52.1 Å². The average Bonchev–Trinajstić information content (AvgIpc) is 3.59. The number of furan rings is 1. The van der Waals surface area contributed by atoms with Crippen LogP contribution in [0.5, 0.6) is 5.75 Å². The summed E-state index contributed by atoms with van der Waals surface area (Å²) in [6.07, 6.45) is 1.86. The van der Waals surface area contributed by atoms with Crippen LogP contribution in [0.2, 0.25) is 0 Å². The van der Waals surface area contributed by atoms with E-state index in [1.165, 1.54) is 18.1 Å². The van der Waals surface area contributed by atoms with Gasteiger partial charge in [-0.25, -0.2) is 14.1 Å². The molecule has 4 amide bonds. The summed E-state index contributed by atoms with van der Waals surface area (Å²) in [6.45, 7) is 3.79. The summed E-state index contributed by atoms with van der Waals surface area (Å²) in [5.74, 6) is -3.05. The van der Waals surface area contributed by atoms with Gasteiger partial charge in [-0.2, -0.15) is 0 Å². The number of hydrogen-bond acceptors (Lipinski definition) is 8. The molecule has 224 valence electrons. The molecular formula is C31H30FN3O8. The molecule has 0 radical (unpaired) electrons. The third-order valence-corrected chi connectivity index (χ3v) is 8.13. The number of amides is 4. The molecule has 2 aromatic carbocycles. The van der Waals surface area contributed by atoms with Crippen LogP contribution in [0.15, 0.2) is 34.7 Å². The number of aryl methyl sites for hydroxylation is 1. The minimum Gasteiger partial charge on any atom is -0.494 e. The maximum atomic E-state index is 15.1. The number of nitrogens with one attached hydrogen (secondary N) is 1. The van der Waals surface area contributed by atoms with Crippen LogP contribution in [-0.2, 0) is 32.8 Å². The molecule has 12 heteroatoms. The number of rotatable bonds is 6. The fraction of sp³-hybridized carbons (Fsp3) is 0.387. The number of urea groups is 1. The Labute approximate surface area is 245 Å². The van der Waals surface area contributed by atoms with E-state index in [4.69, 9.17) is 13.9 Å². The minimum atomic E-state index is -1.94. The normalized spacial score (nSPS) is 20.0. The Morgan fingerprint density at radius 1 is 1.09 bits per heavy atom. The van der Waals surface area contributed by atoms with Crippen LogP contribution in [0.25, 0.3) is 11.0 Å². The lowest BCUT2D eigenvalue weighted by Crippen LogP contribution is -2.52. The Hall–Kier alpha value is -4.74.